The van der Waals surface area contributed by atoms with Crippen LogP contribution in [-0.2, 0) is 4.79 Å². The van der Waals surface area contributed by atoms with Crippen LogP contribution >= 0.6 is 0 Å². The van der Waals surface area contributed by atoms with Gasteiger partial charge in [-0.15, -0.1) is 0 Å². The summed E-state index contributed by atoms with van der Waals surface area (Å²) in [5.41, 5.74) is 1.10. The molecule has 1 aromatic rings. The number of benzene rings is 1. The molecular formula is C17H26N2O2. The van der Waals surface area contributed by atoms with Crippen molar-refractivity contribution in [2.45, 2.75) is 52.4 Å². The predicted octanol–water partition coefficient (Wildman–Crippen LogP) is 2.95. The van der Waals surface area contributed by atoms with Crippen LogP contribution in [0.3, 0.4) is 0 Å². The first-order valence-corrected chi connectivity index (χ1v) is 7.71. The number of carbonyl (C=O) groups excluding carboxylic acids is 1. The molecule has 1 N–H and O–H groups in total. The summed E-state index contributed by atoms with van der Waals surface area (Å²) < 4.78 is 5.21. The molecule has 2 rings (SSSR count). The van der Waals surface area contributed by atoms with Crippen LogP contribution in [0.15, 0.2) is 24.3 Å². The van der Waals surface area contributed by atoms with Crippen LogP contribution in [0, 0.1) is 5.92 Å². The summed E-state index contributed by atoms with van der Waals surface area (Å²) in [6, 6.07) is 8.06. The Kier molecular flexibility index (Phi) is 4.88. The fraction of sp³-hybridized carbons (Fsp3) is 0.588. The summed E-state index contributed by atoms with van der Waals surface area (Å²) in [5, 5.41) is 3.41. The van der Waals surface area contributed by atoms with Gasteiger partial charge in [0, 0.05) is 6.04 Å². The van der Waals surface area contributed by atoms with E-state index in [2.05, 4.69) is 26.1 Å². The van der Waals surface area contributed by atoms with Gasteiger partial charge in [0.05, 0.1) is 13.2 Å². The van der Waals surface area contributed by atoms with E-state index in [9.17, 15) is 4.79 Å². The van der Waals surface area contributed by atoms with E-state index >= 15 is 0 Å². The van der Waals surface area contributed by atoms with Gasteiger partial charge < -0.3 is 9.64 Å². The zero-order valence-corrected chi connectivity index (χ0v) is 13.6. The molecular weight excluding hydrogens is 264 g/mol. The maximum Gasteiger partial charge on any atom is 0.241 e. The SMILES string of the molecule is CCC(C(C)C)N1C(=O)C(C)NC1c1ccc(OC)cc1. The lowest BCUT2D eigenvalue weighted by Crippen LogP contribution is -2.42. The molecule has 1 heterocycles. The Morgan fingerprint density at radius 2 is 1.90 bits per heavy atom. The summed E-state index contributed by atoms with van der Waals surface area (Å²) in [6.07, 6.45) is 0.913. The minimum absolute atomic E-state index is 0.0502. The third-order valence-electron chi connectivity index (χ3n) is 4.29. The van der Waals surface area contributed by atoms with Crippen molar-refractivity contribution >= 4 is 5.91 Å². The number of hydrogen-bond acceptors (Lipinski definition) is 3. The van der Waals surface area contributed by atoms with Crippen molar-refractivity contribution < 1.29 is 9.53 Å². The van der Waals surface area contributed by atoms with Gasteiger partial charge in [0.1, 0.15) is 11.9 Å². The zero-order chi connectivity index (χ0) is 15.6. The van der Waals surface area contributed by atoms with Gasteiger partial charge in [0.25, 0.3) is 0 Å². The first kappa shape index (κ1) is 15.8. The highest BCUT2D eigenvalue weighted by Crippen LogP contribution is 2.31. The molecule has 1 amide bonds. The maximum atomic E-state index is 12.6. The van der Waals surface area contributed by atoms with E-state index < -0.39 is 0 Å². The summed E-state index contributed by atoms with van der Waals surface area (Å²) >= 11 is 0. The van der Waals surface area contributed by atoms with E-state index in [1.807, 2.05) is 36.1 Å². The number of hydrogen-bond donors (Lipinski definition) is 1. The van der Waals surface area contributed by atoms with Crippen molar-refractivity contribution in [3.8, 4) is 5.75 Å². The third-order valence-corrected chi connectivity index (χ3v) is 4.29. The van der Waals surface area contributed by atoms with Gasteiger partial charge in [0.2, 0.25) is 5.91 Å². The van der Waals surface area contributed by atoms with Crippen molar-refractivity contribution in [1.82, 2.24) is 10.2 Å². The van der Waals surface area contributed by atoms with Crippen LogP contribution in [0.2, 0.25) is 0 Å². The molecule has 0 saturated carbocycles. The molecule has 1 aromatic carbocycles. The summed E-state index contributed by atoms with van der Waals surface area (Å²) in [4.78, 5) is 14.6. The van der Waals surface area contributed by atoms with Crippen LogP contribution in [0.25, 0.3) is 0 Å². The first-order chi connectivity index (χ1) is 9.99. The smallest absolute Gasteiger partial charge is 0.241 e. The lowest BCUT2D eigenvalue weighted by atomic mass is 9.98. The van der Waals surface area contributed by atoms with Gasteiger partial charge in [-0.1, -0.05) is 32.9 Å². The Morgan fingerprint density at radius 1 is 1.29 bits per heavy atom. The second-order valence-electron chi connectivity index (χ2n) is 6.03. The number of rotatable bonds is 5. The highest BCUT2D eigenvalue weighted by Gasteiger charge is 2.41. The molecule has 3 atom stereocenters. The lowest BCUT2D eigenvalue weighted by molar-refractivity contribution is -0.133. The van der Waals surface area contributed by atoms with Crippen LogP contribution in [0.1, 0.15) is 45.8 Å². The number of nitrogens with one attached hydrogen (secondary N) is 1. The Balaban J connectivity index is 2.32. The van der Waals surface area contributed by atoms with Gasteiger partial charge in [-0.25, -0.2) is 0 Å². The van der Waals surface area contributed by atoms with Gasteiger partial charge in [-0.2, -0.15) is 0 Å². The van der Waals surface area contributed by atoms with Gasteiger partial charge in [0.15, 0.2) is 0 Å². The number of amides is 1. The average molecular weight is 290 g/mol. The lowest BCUT2D eigenvalue weighted by Gasteiger charge is -2.35. The molecule has 1 saturated heterocycles. The molecule has 0 radical (unpaired) electrons. The molecule has 4 heteroatoms. The van der Waals surface area contributed by atoms with Crippen molar-refractivity contribution in [1.29, 1.82) is 0 Å². The number of methoxy groups -OCH3 is 1. The monoisotopic (exact) mass is 290 g/mol. The van der Waals surface area contributed by atoms with E-state index in [1.165, 1.54) is 0 Å². The second kappa shape index (κ2) is 6.48. The van der Waals surface area contributed by atoms with E-state index in [4.69, 9.17) is 4.74 Å². The number of ether oxygens (including phenoxy) is 1. The van der Waals surface area contributed by atoms with Crippen LogP contribution in [0.4, 0.5) is 0 Å². The Bertz CT molecular complexity index is 484. The van der Waals surface area contributed by atoms with Gasteiger partial charge in [-0.3, -0.25) is 10.1 Å². The molecule has 4 nitrogen and oxygen atoms in total. The van der Waals surface area contributed by atoms with Crippen molar-refractivity contribution in [3.05, 3.63) is 29.8 Å². The molecule has 1 fully saturated rings. The Morgan fingerprint density at radius 3 is 2.38 bits per heavy atom. The zero-order valence-electron chi connectivity index (χ0n) is 13.6. The van der Waals surface area contributed by atoms with E-state index in [0.29, 0.717) is 5.92 Å². The van der Waals surface area contributed by atoms with Gasteiger partial charge in [-0.05, 0) is 37.0 Å². The van der Waals surface area contributed by atoms with Crippen molar-refractivity contribution in [2.75, 3.05) is 7.11 Å². The number of nitrogens with zero attached hydrogens (tertiary/aromatic N) is 1. The Labute approximate surface area is 127 Å². The molecule has 116 valence electrons. The average Bonchev–Trinajstić information content (AvgIpc) is 2.76. The third kappa shape index (κ3) is 3.05. The molecule has 3 unspecified atom stereocenters. The quantitative estimate of drug-likeness (QED) is 0.906. The second-order valence-corrected chi connectivity index (χ2v) is 6.03. The molecule has 21 heavy (non-hydrogen) atoms. The molecule has 0 spiro atoms. The predicted molar refractivity (Wildman–Crippen MR) is 84.1 cm³/mol. The highest BCUT2D eigenvalue weighted by molar-refractivity contribution is 5.84. The van der Waals surface area contributed by atoms with E-state index in [1.54, 1.807) is 7.11 Å². The largest absolute Gasteiger partial charge is 0.497 e. The van der Waals surface area contributed by atoms with Crippen molar-refractivity contribution in [2.24, 2.45) is 5.92 Å². The normalized spacial score (nSPS) is 23.7. The van der Waals surface area contributed by atoms with Crippen molar-refractivity contribution in [3.63, 3.8) is 0 Å². The molecule has 1 aliphatic heterocycles. The molecule has 0 aromatic heterocycles. The maximum absolute atomic E-state index is 12.6. The fourth-order valence-electron chi connectivity index (χ4n) is 3.13. The molecule has 1 aliphatic rings. The van der Waals surface area contributed by atoms with Crippen LogP contribution in [-0.4, -0.2) is 30.0 Å². The minimum Gasteiger partial charge on any atom is -0.497 e. The van der Waals surface area contributed by atoms with Crippen LogP contribution in [0.5, 0.6) is 5.75 Å². The summed E-state index contributed by atoms with van der Waals surface area (Å²) in [7, 11) is 1.66. The fourth-order valence-corrected chi connectivity index (χ4v) is 3.13. The number of carbonyl (C=O) groups is 1. The van der Waals surface area contributed by atoms with E-state index in [-0.39, 0.29) is 24.2 Å². The van der Waals surface area contributed by atoms with Crippen LogP contribution < -0.4 is 10.1 Å². The highest BCUT2D eigenvalue weighted by atomic mass is 16.5. The Hall–Kier alpha value is -1.55. The molecule has 0 aliphatic carbocycles. The topological polar surface area (TPSA) is 41.6 Å². The standard InChI is InChI=1S/C17H26N2O2/c1-6-15(11(2)3)19-16(18-12(4)17(19)20)13-7-9-14(21-5)10-8-13/h7-12,15-16,18H,6H2,1-5H3. The van der Waals surface area contributed by atoms with E-state index in [0.717, 1.165) is 17.7 Å². The summed E-state index contributed by atoms with van der Waals surface area (Å²) in [6.45, 7) is 8.43. The summed E-state index contributed by atoms with van der Waals surface area (Å²) in [5.74, 6) is 1.46. The first-order valence-electron chi connectivity index (χ1n) is 7.71. The minimum atomic E-state index is -0.134. The molecule has 0 bridgehead atoms. The van der Waals surface area contributed by atoms with Gasteiger partial charge >= 0.3 is 0 Å².